The molecule has 0 aliphatic heterocycles. The molecular formula is C13H6ClNO. The summed E-state index contributed by atoms with van der Waals surface area (Å²) in [6.45, 7) is 0. The lowest BCUT2D eigenvalue weighted by molar-refractivity contribution is 0.669. The van der Waals surface area contributed by atoms with Crippen molar-refractivity contribution in [3.63, 3.8) is 0 Å². The summed E-state index contributed by atoms with van der Waals surface area (Å²) < 4.78 is 5.64. The zero-order valence-electron chi connectivity index (χ0n) is 8.20. The normalized spacial score (nSPS) is 10.8. The van der Waals surface area contributed by atoms with Crippen molar-refractivity contribution < 1.29 is 4.42 Å². The van der Waals surface area contributed by atoms with Crippen LogP contribution in [-0.2, 0) is 0 Å². The first-order valence-electron chi connectivity index (χ1n) is 4.80. The number of nitriles is 1. The summed E-state index contributed by atoms with van der Waals surface area (Å²) in [5, 5.41) is 11.4. The monoisotopic (exact) mass is 227 g/mol. The van der Waals surface area contributed by atoms with Gasteiger partial charge in [-0.3, -0.25) is 0 Å². The fourth-order valence-corrected chi connectivity index (χ4v) is 1.99. The number of furan rings is 1. The summed E-state index contributed by atoms with van der Waals surface area (Å²) >= 11 is 5.94. The van der Waals surface area contributed by atoms with E-state index in [1.165, 1.54) is 0 Å². The number of rotatable bonds is 0. The Kier molecular flexibility index (Phi) is 1.89. The molecule has 0 aliphatic carbocycles. The van der Waals surface area contributed by atoms with Crippen molar-refractivity contribution in [3.05, 3.63) is 47.0 Å². The van der Waals surface area contributed by atoms with Crippen molar-refractivity contribution in [2.75, 3.05) is 0 Å². The largest absolute Gasteiger partial charge is 0.456 e. The molecule has 1 aromatic heterocycles. The fourth-order valence-electron chi connectivity index (χ4n) is 1.82. The molecular weight excluding hydrogens is 222 g/mol. The molecule has 0 N–H and O–H groups in total. The Labute approximate surface area is 96.6 Å². The maximum absolute atomic E-state index is 8.80. The van der Waals surface area contributed by atoms with E-state index in [9.17, 15) is 0 Å². The van der Waals surface area contributed by atoms with Gasteiger partial charge in [-0.25, -0.2) is 0 Å². The molecule has 76 valence electrons. The molecule has 0 saturated carbocycles. The molecule has 3 rings (SSSR count). The van der Waals surface area contributed by atoms with Crippen LogP contribution < -0.4 is 0 Å². The molecule has 3 heteroatoms. The fraction of sp³-hybridized carbons (Fsp3) is 0. The Bertz CT molecular complexity index is 737. The molecule has 1 heterocycles. The van der Waals surface area contributed by atoms with Crippen LogP contribution in [0.5, 0.6) is 0 Å². The van der Waals surface area contributed by atoms with Gasteiger partial charge < -0.3 is 4.42 Å². The van der Waals surface area contributed by atoms with Crippen LogP contribution >= 0.6 is 11.6 Å². The molecule has 0 atom stereocenters. The second-order valence-electron chi connectivity index (χ2n) is 3.57. The Morgan fingerprint density at radius 3 is 2.69 bits per heavy atom. The summed E-state index contributed by atoms with van der Waals surface area (Å²) in [5.41, 5.74) is 2.10. The summed E-state index contributed by atoms with van der Waals surface area (Å²) in [5.74, 6) is 0. The Hall–Kier alpha value is -1.98. The molecule has 0 bridgehead atoms. The van der Waals surface area contributed by atoms with E-state index < -0.39 is 0 Å². The molecule has 0 unspecified atom stereocenters. The van der Waals surface area contributed by atoms with Gasteiger partial charge in [-0.2, -0.15) is 5.26 Å². The Morgan fingerprint density at radius 2 is 1.88 bits per heavy atom. The third-order valence-electron chi connectivity index (χ3n) is 2.56. The van der Waals surface area contributed by atoms with Crippen molar-refractivity contribution in [2.24, 2.45) is 0 Å². The van der Waals surface area contributed by atoms with Crippen molar-refractivity contribution in [1.29, 1.82) is 5.26 Å². The zero-order valence-corrected chi connectivity index (χ0v) is 8.95. The van der Waals surface area contributed by atoms with Crippen LogP contribution in [-0.4, -0.2) is 0 Å². The van der Waals surface area contributed by atoms with Crippen LogP contribution in [0.4, 0.5) is 0 Å². The first kappa shape index (κ1) is 9.26. The molecule has 0 amide bonds. The number of hydrogen-bond donors (Lipinski definition) is 0. The van der Waals surface area contributed by atoms with Crippen LogP contribution in [0.15, 0.2) is 40.8 Å². The van der Waals surface area contributed by atoms with E-state index in [2.05, 4.69) is 6.07 Å². The first-order chi connectivity index (χ1) is 7.78. The van der Waals surface area contributed by atoms with E-state index >= 15 is 0 Å². The highest BCUT2D eigenvalue weighted by atomic mass is 35.5. The maximum Gasteiger partial charge on any atom is 0.136 e. The van der Waals surface area contributed by atoms with E-state index in [4.69, 9.17) is 21.3 Å². The molecule has 0 saturated heterocycles. The zero-order chi connectivity index (χ0) is 11.1. The Morgan fingerprint density at radius 1 is 1.00 bits per heavy atom. The number of benzene rings is 2. The molecule has 3 aromatic rings. The SMILES string of the molecule is N#Cc1ccc2c(c1)oc1ccc(Cl)cc12. The molecule has 16 heavy (non-hydrogen) atoms. The average Bonchev–Trinajstić information content (AvgIpc) is 2.66. The van der Waals surface area contributed by atoms with E-state index in [1.54, 1.807) is 18.2 Å². The van der Waals surface area contributed by atoms with Gasteiger partial charge in [0.15, 0.2) is 0 Å². The highest BCUT2D eigenvalue weighted by Crippen LogP contribution is 2.30. The van der Waals surface area contributed by atoms with Crippen LogP contribution in [0.25, 0.3) is 21.9 Å². The summed E-state index contributed by atoms with van der Waals surface area (Å²) in [6.07, 6.45) is 0. The average molecular weight is 228 g/mol. The second kappa shape index (κ2) is 3.26. The smallest absolute Gasteiger partial charge is 0.136 e. The minimum absolute atomic E-state index is 0.595. The van der Waals surface area contributed by atoms with Gasteiger partial charge >= 0.3 is 0 Å². The van der Waals surface area contributed by atoms with Gasteiger partial charge in [-0.05, 0) is 36.4 Å². The van der Waals surface area contributed by atoms with E-state index in [0.29, 0.717) is 10.6 Å². The van der Waals surface area contributed by atoms with E-state index in [-0.39, 0.29) is 0 Å². The highest BCUT2D eigenvalue weighted by Gasteiger charge is 2.07. The van der Waals surface area contributed by atoms with Crippen molar-refractivity contribution in [1.82, 2.24) is 0 Å². The minimum Gasteiger partial charge on any atom is -0.456 e. The van der Waals surface area contributed by atoms with Crippen LogP contribution in [0.2, 0.25) is 5.02 Å². The van der Waals surface area contributed by atoms with Crippen LogP contribution in [0.3, 0.4) is 0 Å². The van der Waals surface area contributed by atoms with Gasteiger partial charge in [-0.15, -0.1) is 0 Å². The predicted octanol–water partition coefficient (Wildman–Crippen LogP) is 4.11. The van der Waals surface area contributed by atoms with Gasteiger partial charge in [0, 0.05) is 15.8 Å². The molecule has 2 aromatic carbocycles. The summed E-state index contributed by atoms with van der Waals surface area (Å²) in [4.78, 5) is 0. The topological polar surface area (TPSA) is 36.9 Å². The highest BCUT2D eigenvalue weighted by molar-refractivity contribution is 6.31. The van der Waals surface area contributed by atoms with E-state index in [1.807, 2.05) is 18.2 Å². The Balaban J connectivity index is 2.47. The van der Waals surface area contributed by atoms with Crippen molar-refractivity contribution >= 4 is 33.5 Å². The van der Waals surface area contributed by atoms with Crippen LogP contribution in [0, 0.1) is 11.3 Å². The number of fused-ring (bicyclic) bond motifs is 3. The second-order valence-corrected chi connectivity index (χ2v) is 4.00. The van der Waals surface area contributed by atoms with Gasteiger partial charge in [-0.1, -0.05) is 11.6 Å². The number of nitrogens with zero attached hydrogens (tertiary/aromatic N) is 1. The summed E-state index contributed by atoms with van der Waals surface area (Å²) in [7, 11) is 0. The number of halogens is 1. The van der Waals surface area contributed by atoms with Gasteiger partial charge in [0.2, 0.25) is 0 Å². The van der Waals surface area contributed by atoms with E-state index in [0.717, 1.165) is 21.9 Å². The van der Waals surface area contributed by atoms with Gasteiger partial charge in [0.05, 0.1) is 11.6 Å². The predicted molar refractivity (Wildman–Crippen MR) is 63.4 cm³/mol. The molecule has 0 spiro atoms. The van der Waals surface area contributed by atoms with Gasteiger partial charge in [0.1, 0.15) is 11.2 Å². The third kappa shape index (κ3) is 1.26. The first-order valence-corrected chi connectivity index (χ1v) is 5.17. The number of hydrogen-bond acceptors (Lipinski definition) is 2. The van der Waals surface area contributed by atoms with Gasteiger partial charge in [0.25, 0.3) is 0 Å². The molecule has 0 radical (unpaired) electrons. The quantitative estimate of drug-likeness (QED) is 0.580. The lowest BCUT2D eigenvalue weighted by Gasteiger charge is -1.90. The summed E-state index contributed by atoms with van der Waals surface area (Å²) in [6, 6.07) is 13.0. The van der Waals surface area contributed by atoms with Crippen LogP contribution in [0.1, 0.15) is 5.56 Å². The van der Waals surface area contributed by atoms with Crippen molar-refractivity contribution in [3.8, 4) is 6.07 Å². The molecule has 0 fully saturated rings. The molecule has 0 aliphatic rings. The molecule has 2 nitrogen and oxygen atoms in total. The minimum atomic E-state index is 0.595. The lowest BCUT2D eigenvalue weighted by Crippen LogP contribution is -1.71. The standard InChI is InChI=1S/C13H6ClNO/c14-9-2-4-12-11(6-9)10-3-1-8(7-15)5-13(10)16-12/h1-6H. The lowest BCUT2D eigenvalue weighted by atomic mass is 10.1. The maximum atomic E-state index is 8.80. The van der Waals surface area contributed by atoms with Crippen molar-refractivity contribution in [2.45, 2.75) is 0 Å². The third-order valence-corrected chi connectivity index (χ3v) is 2.80.